The molecule has 1 amide bonds. The molecule has 1 saturated carbocycles. The van der Waals surface area contributed by atoms with Gasteiger partial charge in [-0.2, -0.15) is 5.10 Å². The van der Waals surface area contributed by atoms with E-state index in [9.17, 15) is 4.79 Å². The highest BCUT2D eigenvalue weighted by molar-refractivity contribution is 5.91. The van der Waals surface area contributed by atoms with E-state index in [4.69, 9.17) is 0 Å². The van der Waals surface area contributed by atoms with Crippen LogP contribution in [-0.2, 0) is 11.2 Å². The fraction of sp³-hybridized carbons (Fsp3) is 0.444. The first kappa shape index (κ1) is 14.3. The van der Waals surface area contributed by atoms with Crippen molar-refractivity contribution in [2.45, 2.75) is 38.0 Å². The van der Waals surface area contributed by atoms with Gasteiger partial charge < -0.3 is 10.2 Å². The Kier molecular flexibility index (Phi) is 3.77. The van der Waals surface area contributed by atoms with Crippen molar-refractivity contribution in [1.29, 1.82) is 0 Å². The summed E-state index contributed by atoms with van der Waals surface area (Å²) in [5.41, 5.74) is 3.42. The highest BCUT2D eigenvalue weighted by Crippen LogP contribution is 2.39. The molecule has 0 bridgehead atoms. The topological polar surface area (TPSA) is 61.0 Å². The average molecular weight is 310 g/mol. The maximum Gasteiger partial charge on any atom is 0.229 e. The third-order valence-electron chi connectivity index (χ3n) is 4.65. The Morgan fingerprint density at radius 1 is 1.22 bits per heavy atom. The number of H-pyrrole nitrogens is 1. The molecule has 5 nitrogen and oxygen atoms in total. The number of amides is 1. The van der Waals surface area contributed by atoms with Crippen molar-refractivity contribution in [2.24, 2.45) is 0 Å². The van der Waals surface area contributed by atoms with Gasteiger partial charge in [-0.3, -0.25) is 9.89 Å². The van der Waals surface area contributed by atoms with Crippen LogP contribution in [0.2, 0.25) is 0 Å². The van der Waals surface area contributed by atoms with E-state index in [0.717, 1.165) is 24.3 Å². The molecule has 2 aliphatic rings. The van der Waals surface area contributed by atoms with Crippen LogP contribution in [-0.4, -0.2) is 29.2 Å². The zero-order valence-electron chi connectivity index (χ0n) is 13.2. The number of carbonyl (C=O) groups excluding carboxylic acids is 1. The second-order valence-electron chi connectivity index (χ2n) is 6.57. The van der Waals surface area contributed by atoms with Gasteiger partial charge in [-0.1, -0.05) is 12.1 Å². The summed E-state index contributed by atoms with van der Waals surface area (Å²) in [4.78, 5) is 14.5. The van der Waals surface area contributed by atoms with Crippen molar-refractivity contribution in [3.05, 3.63) is 41.6 Å². The van der Waals surface area contributed by atoms with E-state index in [0.29, 0.717) is 18.2 Å². The Labute approximate surface area is 136 Å². The number of aromatic amines is 1. The summed E-state index contributed by atoms with van der Waals surface area (Å²) in [6.45, 7) is 2.28. The summed E-state index contributed by atoms with van der Waals surface area (Å²) < 4.78 is 0. The number of hydrogen-bond donors (Lipinski definition) is 2. The molecule has 1 aromatic heterocycles. The smallest absolute Gasteiger partial charge is 0.229 e. The van der Waals surface area contributed by atoms with E-state index >= 15 is 0 Å². The van der Waals surface area contributed by atoms with E-state index < -0.39 is 0 Å². The maximum absolute atomic E-state index is 12.1. The van der Waals surface area contributed by atoms with Crippen LogP contribution >= 0.6 is 0 Å². The Hall–Kier alpha value is -2.30. The molecule has 2 heterocycles. The summed E-state index contributed by atoms with van der Waals surface area (Å²) in [5, 5.41) is 10.0. The van der Waals surface area contributed by atoms with Crippen molar-refractivity contribution in [1.82, 2.24) is 10.2 Å². The molecule has 1 aliphatic heterocycles. The number of nitrogens with zero attached hydrogens (tertiary/aromatic N) is 2. The van der Waals surface area contributed by atoms with Crippen molar-refractivity contribution in [3.63, 3.8) is 0 Å². The summed E-state index contributed by atoms with van der Waals surface area (Å²) in [7, 11) is 0. The Morgan fingerprint density at radius 3 is 2.65 bits per heavy atom. The van der Waals surface area contributed by atoms with Crippen LogP contribution in [0.3, 0.4) is 0 Å². The van der Waals surface area contributed by atoms with Crippen LogP contribution in [0.4, 0.5) is 11.5 Å². The molecule has 0 atom stereocenters. The molecule has 0 spiro atoms. The van der Waals surface area contributed by atoms with E-state index in [1.807, 2.05) is 18.2 Å². The third-order valence-corrected chi connectivity index (χ3v) is 4.65. The van der Waals surface area contributed by atoms with Crippen molar-refractivity contribution < 1.29 is 4.79 Å². The summed E-state index contributed by atoms with van der Waals surface area (Å²) in [6, 6.07) is 10.3. The number of hydrogen-bond acceptors (Lipinski definition) is 3. The van der Waals surface area contributed by atoms with E-state index in [1.54, 1.807) is 0 Å². The molecule has 2 fully saturated rings. The Balaban J connectivity index is 1.33. The molecule has 0 radical (unpaired) electrons. The first-order chi connectivity index (χ1) is 11.3. The zero-order valence-corrected chi connectivity index (χ0v) is 13.2. The first-order valence-corrected chi connectivity index (χ1v) is 8.47. The monoisotopic (exact) mass is 310 g/mol. The number of benzene rings is 1. The molecule has 23 heavy (non-hydrogen) atoms. The fourth-order valence-corrected chi connectivity index (χ4v) is 3.18. The molecule has 5 heteroatoms. The second-order valence-corrected chi connectivity index (χ2v) is 6.57. The minimum atomic E-state index is -0.0206. The van der Waals surface area contributed by atoms with Gasteiger partial charge in [0.25, 0.3) is 0 Å². The molecule has 2 N–H and O–H groups in total. The molecule has 4 rings (SSSR count). The Morgan fingerprint density at radius 2 is 1.96 bits per heavy atom. The van der Waals surface area contributed by atoms with Crippen molar-refractivity contribution in [3.8, 4) is 0 Å². The zero-order chi connectivity index (χ0) is 15.6. The van der Waals surface area contributed by atoms with Crippen molar-refractivity contribution >= 4 is 17.4 Å². The lowest BCUT2D eigenvalue weighted by Crippen LogP contribution is -2.18. The number of anilines is 2. The van der Waals surface area contributed by atoms with Crippen LogP contribution < -0.4 is 10.2 Å². The lowest BCUT2D eigenvalue weighted by molar-refractivity contribution is -0.115. The van der Waals surface area contributed by atoms with Gasteiger partial charge in [0, 0.05) is 36.5 Å². The lowest BCUT2D eigenvalue weighted by atomic mass is 10.1. The van der Waals surface area contributed by atoms with Crippen molar-refractivity contribution in [2.75, 3.05) is 23.3 Å². The Bertz CT molecular complexity index is 681. The maximum atomic E-state index is 12.1. The third kappa shape index (κ3) is 3.38. The van der Waals surface area contributed by atoms with E-state index in [1.165, 1.54) is 31.4 Å². The fourth-order valence-electron chi connectivity index (χ4n) is 3.18. The van der Waals surface area contributed by atoms with E-state index in [-0.39, 0.29) is 5.91 Å². The largest absolute Gasteiger partial charge is 0.372 e. The van der Waals surface area contributed by atoms with Crippen LogP contribution in [0.5, 0.6) is 0 Å². The molecule has 1 aliphatic carbocycles. The summed E-state index contributed by atoms with van der Waals surface area (Å²) in [5.74, 6) is 1.23. The highest BCUT2D eigenvalue weighted by Gasteiger charge is 2.25. The second kappa shape index (κ2) is 6.07. The van der Waals surface area contributed by atoms with Gasteiger partial charge in [0.1, 0.15) is 0 Å². The predicted molar refractivity (Wildman–Crippen MR) is 90.8 cm³/mol. The normalized spacial score (nSPS) is 17.5. The van der Waals surface area contributed by atoms with Gasteiger partial charge in [-0.25, -0.2) is 0 Å². The van der Waals surface area contributed by atoms with Gasteiger partial charge in [-0.15, -0.1) is 0 Å². The molecule has 1 saturated heterocycles. The SMILES string of the molecule is O=C(Cc1ccc(N2CCCC2)cc1)Nc1cc(C2CC2)[nH]n1. The van der Waals surface area contributed by atoms with E-state index in [2.05, 4.69) is 32.5 Å². The lowest BCUT2D eigenvalue weighted by Gasteiger charge is -2.17. The summed E-state index contributed by atoms with van der Waals surface area (Å²) >= 11 is 0. The van der Waals surface area contributed by atoms with Crippen LogP contribution in [0, 0.1) is 0 Å². The number of nitrogens with one attached hydrogen (secondary N) is 2. The van der Waals surface area contributed by atoms with Gasteiger partial charge >= 0.3 is 0 Å². The number of rotatable bonds is 5. The molecule has 1 aromatic carbocycles. The quantitative estimate of drug-likeness (QED) is 0.892. The van der Waals surface area contributed by atoms with Gasteiger partial charge in [0.2, 0.25) is 5.91 Å². The first-order valence-electron chi connectivity index (χ1n) is 8.47. The minimum Gasteiger partial charge on any atom is -0.372 e. The molecule has 0 unspecified atom stereocenters. The number of carbonyl (C=O) groups is 1. The standard InChI is InChI=1S/C18H22N4O/c23-18(19-17-12-16(20-21-17)14-5-6-14)11-13-3-7-15(8-4-13)22-9-1-2-10-22/h3-4,7-8,12,14H,1-2,5-6,9-11H2,(H2,19,20,21,23). The van der Waals surface area contributed by atoms with Gasteiger partial charge in [-0.05, 0) is 43.4 Å². The molecular weight excluding hydrogens is 288 g/mol. The molecule has 120 valence electrons. The van der Waals surface area contributed by atoms with Crippen LogP contribution in [0.15, 0.2) is 30.3 Å². The van der Waals surface area contributed by atoms with Crippen LogP contribution in [0.1, 0.15) is 42.9 Å². The number of aromatic nitrogens is 2. The average Bonchev–Trinajstić information content (AvgIpc) is 3.07. The van der Waals surface area contributed by atoms with Gasteiger partial charge in [0.15, 0.2) is 5.82 Å². The minimum absolute atomic E-state index is 0.0206. The van der Waals surface area contributed by atoms with Gasteiger partial charge in [0.05, 0.1) is 6.42 Å². The summed E-state index contributed by atoms with van der Waals surface area (Å²) in [6.07, 6.45) is 5.37. The highest BCUT2D eigenvalue weighted by atomic mass is 16.1. The molecular formula is C18H22N4O. The van der Waals surface area contributed by atoms with Crippen LogP contribution in [0.25, 0.3) is 0 Å². The predicted octanol–water partition coefficient (Wildman–Crippen LogP) is 3.07. The molecule has 2 aromatic rings.